The Bertz CT molecular complexity index is 696. The normalized spacial score (nSPS) is 14.0. The molecule has 25 heavy (non-hydrogen) atoms. The van der Waals surface area contributed by atoms with E-state index in [1.807, 2.05) is 63.4 Å². The lowest BCUT2D eigenvalue weighted by atomic mass is 9.82. The van der Waals surface area contributed by atoms with E-state index in [-0.39, 0.29) is 11.8 Å². The van der Waals surface area contributed by atoms with Gasteiger partial charge in [-0.3, -0.25) is 4.98 Å². The van der Waals surface area contributed by atoms with Gasteiger partial charge in [0.1, 0.15) is 0 Å². The molecule has 4 nitrogen and oxygen atoms in total. The molecule has 0 bridgehead atoms. The number of amides is 1. The van der Waals surface area contributed by atoms with E-state index < -0.39 is 11.6 Å². The number of halogens is 1. The maximum Gasteiger partial charge on any atom is 0.407 e. The average Bonchev–Trinajstić information content (AvgIpc) is 2.55. The van der Waals surface area contributed by atoms with Gasteiger partial charge in [-0.2, -0.15) is 0 Å². The molecular formula is C20H25ClN2O2. The number of pyridine rings is 1. The molecule has 1 aromatic heterocycles. The fourth-order valence-electron chi connectivity index (χ4n) is 2.98. The van der Waals surface area contributed by atoms with Gasteiger partial charge in [-0.15, -0.1) is 0 Å². The molecular weight excluding hydrogens is 336 g/mol. The molecule has 0 aliphatic heterocycles. The Morgan fingerprint density at radius 1 is 1.20 bits per heavy atom. The van der Waals surface area contributed by atoms with Crippen molar-refractivity contribution in [1.29, 1.82) is 0 Å². The first kappa shape index (κ1) is 19.3. The number of hydrogen-bond acceptors (Lipinski definition) is 2. The maximum atomic E-state index is 11.8. The van der Waals surface area contributed by atoms with Crippen molar-refractivity contribution in [3.8, 4) is 0 Å². The average molecular weight is 361 g/mol. The van der Waals surface area contributed by atoms with Crippen molar-refractivity contribution in [3.63, 3.8) is 0 Å². The van der Waals surface area contributed by atoms with Gasteiger partial charge in [-0.05, 0) is 56.0 Å². The Kier molecular flexibility index (Phi) is 6.07. The number of carboxylic acid groups (broad SMARTS) is 1. The number of rotatable bonds is 5. The van der Waals surface area contributed by atoms with Gasteiger partial charge in [0.05, 0.1) is 0 Å². The summed E-state index contributed by atoms with van der Waals surface area (Å²) in [4.78, 5) is 17.5. The Morgan fingerprint density at radius 2 is 1.84 bits per heavy atom. The SMILES string of the molecule is CC(c1ccc(Cl)cc1)C(CN(C(=O)O)C(C)(C)C)c1cccnc1. The standard InChI is InChI=1S/C20H25ClN2O2/c1-14(15-7-9-17(21)10-8-15)18(16-6-5-11-22-12-16)13-23(19(24)25)20(2,3)4/h5-12,14,18H,13H2,1-4H3,(H,24,25). The van der Waals surface area contributed by atoms with Gasteiger partial charge in [0.25, 0.3) is 0 Å². The number of carbonyl (C=O) groups is 1. The second-order valence-electron chi connectivity index (χ2n) is 7.30. The van der Waals surface area contributed by atoms with Crippen LogP contribution in [0.3, 0.4) is 0 Å². The summed E-state index contributed by atoms with van der Waals surface area (Å²) in [6.07, 6.45) is 2.64. The summed E-state index contributed by atoms with van der Waals surface area (Å²) in [6.45, 7) is 8.25. The van der Waals surface area contributed by atoms with E-state index >= 15 is 0 Å². The van der Waals surface area contributed by atoms with Crippen molar-refractivity contribution < 1.29 is 9.90 Å². The lowest BCUT2D eigenvalue weighted by Crippen LogP contribution is -2.47. The van der Waals surface area contributed by atoms with Crippen molar-refractivity contribution in [2.75, 3.05) is 6.54 Å². The molecule has 0 aliphatic carbocycles. The molecule has 134 valence electrons. The zero-order valence-corrected chi connectivity index (χ0v) is 15.9. The monoisotopic (exact) mass is 360 g/mol. The topological polar surface area (TPSA) is 53.4 Å². The molecule has 0 saturated heterocycles. The molecule has 1 amide bonds. The van der Waals surface area contributed by atoms with Crippen LogP contribution < -0.4 is 0 Å². The summed E-state index contributed by atoms with van der Waals surface area (Å²) in [5, 5.41) is 10.4. The minimum atomic E-state index is -0.912. The van der Waals surface area contributed by atoms with Crippen LogP contribution in [0.4, 0.5) is 4.79 Å². The van der Waals surface area contributed by atoms with Gasteiger partial charge in [-0.25, -0.2) is 4.79 Å². The first-order chi connectivity index (χ1) is 11.7. The molecule has 0 aliphatic rings. The highest BCUT2D eigenvalue weighted by Crippen LogP contribution is 2.35. The van der Waals surface area contributed by atoms with Gasteiger partial charge in [-0.1, -0.05) is 36.7 Å². The summed E-state index contributed by atoms with van der Waals surface area (Å²) in [6, 6.07) is 11.6. The van der Waals surface area contributed by atoms with E-state index in [2.05, 4.69) is 11.9 Å². The molecule has 2 atom stereocenters. The Balaban J connectivity index is 2.39. The Labute approximate surface area is 154 Å². The van der Waals surface area contributed by atoms with Crippen molar-refractivity contribution in [2.45, 2.75) is 45.1 Å². The molecule has 2 aromatic rings. The quantitative estimate of drug-likeness (QED) is 0.776. The lowest BCUT2D eigenvalue weighted by molar-refractivity contribution is 0.0939. The van der Waals surface area contributed by atoms with Gasteiger partial charge >= 0.3 is 6.09 Å². The van der Waals surface area contributed by atoms with E-state index in [1.165, 1.54) is 4.90 Å². The largest absolute Gasteiger partial charge is 0.465 e. The first-order valence-corrected chi connectivity index (χ1v) is 8.74. The van der Waals surface area contributed by atoms with Crippen LogP contribution in [0, 0.1) is 0 Å². The third-order valence-electron chi connectivity index (χ3n) is 4.53. The molecule has 0 radical (unpaired) electrons. The van der Waals surface area contributed by atoms with Gasteiger partial charge < -0.3 is 10.0 Å². The van der Waals surface area contributed by atoms with Crippen molar-refractivity contribution in [3.05, 3.63) is 64.9 Å². The Morgan fingerprint density at radius 3 is 2.32 bits per heavy atom. The summed E-state index contributed by atoms with van der Waals surface area (Å²) < 4.78 is 0. The Hall–Kier alpha value is -2.07. The summed E-state index contributed by atoms with van der Waals surface area (Å²) >= 11 is 6.00. The molecule has 0 saturated carbocycles. The van der Waals surface area contributed by atoms with Crippen LogP contribution in [-0.4, -0.2) is 33.2 Å². The second-order valence-corrected chi connectivity index (χ2v) is 7.73. The summed E-state index contributed by atoms with van der Waals surface area (Å²) in [5.74, 6) is 0.107. The molecule has 2 unspecified atom stereocenters. The number of aromatic nitrogens is 1. The lowest BCUT2D eigenvalue weighted by Gasteiger charge is -2.37. The number of benzene rings is 1. The number of hydrogen-bond donors (Lipinski definition) is 1. The fourth-order valence-corrected chi connectivity index (χ4v) is 3.11. The minimum Gasteiger partial charge on any atom is -0.465 e. The molecule has 2 rings (SSSR count). The zero-order chi connectivity index (χ0) is 18.6. The molecule has 1 aromatic carbocycles. The predicted molar refractivity (Wildman–Crippen MR) is 101 cm³/mol. The van der Waals surface area contributed by atoms with Crippen LogP contribution in [0.5, 0.6) is 0 Å². The van der Waals surface area contributed by atoms with Gasteiger partial charge in [0.2, 0.25) is 0 Å². The summed E-state index contributed by atoms with van der Waals surface area (Å²) in [5.41, 5.74) is 1.67. The first-order valence-electron chi connectivity index (χ1n) is 8.36. The van der Waals surface area contributed by atoms with E-state index in [0.717, 1.165) is 11.1 Å². The fraction of sp³-hybridized carbons (Fsp3) is 0.400. The van der Waals surface area contributed by atoms with E-state index in [4.69, 9.17) is 11.6 Å². The molecule has 0 spiro atoms. The van der Waals surface area contributed by atoms with E-state index in [9.17, 15) is 9.90 Å². The van der Waals surface area contributed by atoms with Crippen LogP contribution in [-0.2, 0) is 0 Å². The van der Waals surface area contributed by atoms with Crippen LogP contribution in [0.1, 0.15) is 50.7 Å². The van der Waals surface area contributed by atoms with Crippen molar-refractivity contribution in [2.24, 2.45) is 0 Å². The van der Waals surface area contributed by atoms with Crippen LogP contribution in [0.2, 0.25) is 5.02 Å². The molecule has 5 heteroatoms. The van der Waals surface area contributed by atoms with Gasteiger partial charge in [0.15, 0.2) is 0 Å². The molecule has 0 fully saturated rings. The highest BCUT2D eigenvalue weighted by Gasteiger charge is 2.32. The van der Waals surface area contributed by atoms with Crippen LogP contribution in [0.15, 0.2) is 48.8 Å². The summed E-state index contributed by atoms with van der Waals surface area (Å²) in [7, 11) is 0. The van der Waals surface area contributed by atoms with Crippen LogP contribution >= 0.6 is 11.6 Å². The van der Waals surface area contributed by atoms with E-state index in [0.29, 0.717) is 11.6 Å². The molecule has 1 N–H and O–H groups in total. The maximum absolute atomic E-state index is 11.8. The highest BCUT2D eigenvalue weighted by molar-refractivity contribution is 6.30. The van der Waals surface area contributed by atoms with Crippen LogP contribution in [0.25, 0.3) is 0 Å². The zero-order valence-electron chi connectivity index (χ0n) is 15.1. The third-order valence-corrected chi connectivity index (χ3v) is 4.78. The molecule has 1 heterocycles. The highest BCUT2D eigenvalue weighted by atomic mass is 35.5. The number of nitrogens with zero attached hydrogens (tertiary/aromatic N) is 2. The third kappa shape index (κ3) is 4.95. The van der Waals surface area contributed by atoms with Crippen molar-refractivity contribution >= 4 is 17.7 Å². The van der Waals surface area contributed by atoms with Crippen molar-refractivity contribution in [1.82, 2.24) is 9.88 Å². The predicted octanol–water partition coefficient (Wildman–Crippen LogP) is 5.40. The minimum absolute atomic E-state index is 0.00907. The second kappa shape index (κ2) is 7.87. The van der Waals surface area contributed by atoms with Gasteiger partial charge in [0, 0.05) is 35.4 Å². The van der Waals surface area contributed by atoms with E-state index in [1.54, 1.807) is 6.20 Å². The smallest absolute Gasteiger partial charge is 0.407 e.